The van der Waals surface area contributed by atoms with Gasteiger partial charge in [-0.2, -0.15) is 0 Å². The summed E-state index contributed by atoms with van der Waals surface area (Å²) in [5.41, 5.74) is 8.11. The van der Waals surface area contributed by atoms with E-state index in [1.54, 1.807) is 17.0 Å². The second-order valence-electron chi connectivity index (χ2n) is 6.24. The minimum Gasteiger partial charge on any atom is -0.466 e. The van der Waals surface area contributed by atoms with Crippen molar-refractivity contribution in [1.29, 1.82) is 0 Å². The van der Waals surface area contributed by atoms with Crippen LogP contribution in [-0.4, -0.2) is 63.8 Å². The number of carbonyl (C=O) groups is 3. The number of piperazine rings is 1. The van der Waals surface area contributed by atoms with Crippen molar-refractivity contribution in [2.45, 2.75) is 19.9 Å². The number of anilines is 2. The van der Waals surface area contributed by atoms with Crippen molar-refractivity contribution >= 4 is 40.6 Å². The van der Waals surface area contributed by atoms with Crippen LogP contribution in [0.5, 0.6) is 0 Å². The molecule has 10 heteroatoms. The second-order valence-corrected chi connectivity index (χ2v) is 6.24. The summed E-state index contributed by atoms with van der Waals surface area (Å²) in [6.07, 6.45) is -0.495. The van der Waals surface area contributed by atoms with E-state index in [-0.39, 0.29) is 31.5 Å². The Labute approximate surface area is 155 Å². The molecule has 27 heavy (non-hydrogen) atoms. The summed E-state index contributed by atoms with van der Waals surface area (Å²) >= 11 is 0. The molecule has 1 aliphatic rings. The highest BCUT2D eigenvalue weighted by atomic mass is 16.5. The molecule has 1 aliphatic heterocycles. The SMILES string of the molecule is CC(=O)OCCCn1c(N)nc2cc(N3CCN(C(=O)O)CC3=O)ccc21. The summed E-state index contributed by atoms with van der Waals surface area (Å²) in [7, 11) is 0. The molecule has 1 fully saturated rings. The van der Waals surface area contributed by atoms with Crippen LogP contribution >= 0.6 is 0 Å². The number of nitrogen functional groups attached to an aromatic ring is 1. The largest absolute Gasteiger partial charge is 0.466 e. The van der Waals surface area contributed by atoms with Gasteiger partial charge in [-0.1, -0.05) is 0 Å². The summed E-state index contributed by atoms with van der Waals surface area (Å²) in [5, 5.41) is 9.01. The maximum Gasteiger partial charge on any atom is 0.407 e. The highest BCUT2D eigenvalue weighted by Gasteiger charge is 2.28. The molecule has 1 saturated heterocycles. The first-order valence-electron chi connectivity index (χ1n) is 8.54. The van der Waals surface area contributed by atoms with Crippen LogP contribution in [0.1, 0.15) is 13.3 Å². The number of rotatable bonds is 5. The van der Waals surface area contributed by atoms with E-state index in [1.807, 2.05) is 10.6 Å². The number of carbonyl (C=O) groups excluding carboxylic acids is 2. The van der Waals surface area contributed by atoms with Crippen LogP contribution in [-0.2, 0) is 20.9 Å². The Morgan fingerprint density at radius 3 is 2.78 bits per heavy atom. The Balaban J connectivity index is 1.75. The number of aryl methyl sites for hydroxylation is 1. The number of fused-ring (bicyclic) bond motifs is 1. The van der Waals surface area contributed by atoms with Gasteiger partial charge in [-0.25, -0.2) is 9.78 Å². The highest BCUT2D eigenvalue weighted by Crippen LogP contribution is 2.25. The first kappa shape index (κ1) is 18.5. The molecule has 1 aromatic heterocycles. The van der Waals surface area contributed by atoms with Gasteiger partial charge in [0, 0.05) is 32.2 Å². The lowest BCUT2D eigenvalue weighted by atomic mass is 10.2. The number of nitrogens with two attached hydrogens (primary N) is 1. The zero-order valence-electron chi connectivity index (χ0n) is 14.9. The van der Waals surface area contributed by atoms with Gasteiger partial charge in [0.15, 0.2) is 0 Å². The lowest BCUT2D eigenvalue weighted by molar-refractivity contribution is -0.141. The van der Waals surface area contributed by atoms with Gasteiger partial charge in [0.2, 0.25) is 11.9 Å². The van der Waals surface area contributed by atoms with Gasteiger partial charge in [0.1, 0.15) is 6.54 Å². The Kier molecular flexibility index (Phi) is 5.15. The van der Waals surface area contributed by atoms with E-state index in [2.05, 4.69) is 4.98 Å². The molecule has 1 aromatic carbocycles. The summed E-state index contributed by atoms with van der Waals surface area (Å²) in [6, 6.07) is 5.39. The van der Waals surface area contributed by atoms with E-state index in [4.69, 9.17) is 15.6 Å². The Morgan fingerprint density at radius 2 is 2.11 bits per heavy atom. The molecule has 3 N–H and O–H groups in total. The van der Waals surface area contributed by atoms with Crippen molar-refractivity contribution in [2.24, 2.45) is 0 Å². The maximum atomic E-state index is 12.3. The number of carboxylic acid groups (broad SMARTS) is 1. The predicted octanol–water partition coefficient (Wildman–Crippen LogP) is 0.898. The molecule has 10 nitrogen and oxygen atoms in total. The number of imidazole rings is 1. The van der Waals surface area contributed by atoms with Crippen LogP contribution < -0.4 is 10.6 Å². The monoisotopic (exact) mass is 375 g/mol. The fourth-order valence-electron chi connectivity index (χ4n) is 3.09. The number of amides is 2. The molecule has 0 aliphatic carbocycles. The maximum absolute atomic E-state index is 12.3. The summed E-state index contributed by atoms with van der Waals surface area (Å²) in [6.45, 7) is 2.58. The van der Waals surface area contributed by atoms with Crippen LogP contribution in [0.4, 0.5) is 16.4 Å². The normalized spacial score (nSPS) is 14.6. The van der Waals surface area contributed by atoms with E-state index in [0.717, 1.165) is 10.4 Å². The summed E-state index contributed by atoms with van der Waals surface area (Å²) < 4.78 is 6.75. The third-order valence-electron chi connectivity index (χ3n) is 4.40. The second kappa shape index (κ2) is 7.52. The molecule has 0 radical (unpaired) electrons. The first-order chi connectivity index (χ1) is 12.9. The number of aromatic nitrogens is 2. The van der Waals surface area contributed by atoms with Crippen LogP contribution in [0, 0.1) is 0 Å². The standard InChI is InChI=1S/C17H21N5O5/c1-11(23)27-8-2-5-22-14-4-3-12(9-13(14)19-16(22)18)21-7-6-20(17(25)26)10-15(21)24/h3-4,9H,2,5-8,10H2,1H3,(H2,18,19)(H,25,26). The van der Waals surface area contributed by atoms with Gasteiger partial charge in [0.25, 0.3) is 0 Å². The van der Waals surface area contributed by atoms with Crippen LogP contribution in [0.3, 0.4) is 0 Å². The van der Waals surface area contributed by atoms with Crippen molar-refractivity contribution in [1.82, 2.24) is 14.5 Å². The first-order valence-corrected chi connectivity index (χ1v) is 8.54. The highest BCUT2D eigenvalue weighted by molar-refractivity contribution is 5.98. The third-order valence-corrected chi connectivity index (χ3v) is 4.40. The third kappa shape index (κ3) is 3.94. The molecule has 0 saturated carbocycles. The van der Waals surface area contributed by atoms with Gasteiger partial charge >= 0.3 is 12.1 Å². The zero-order valence-corrected chi connectivity index (χ0v) is 14.9. The minimum atomic E-state index is -1.10. The molecular formula is C17H21N5O5. The van der Waals surface area contributed by atoms with Gasteiger partial charge in [-0.15, -0.1) is 0 Å². The topological polar surface area (TPSA) is 131 Å². The molecule has 2 heterocycles. The van der Waals surface area contributed by atoms with Crippen molar-refractivity contribution < 1.29 is 24.2 Å². The summed E-state index contributed by atoms with van der Waals surface area (Å²) in [5.74, 6) is -0.264. The van der Waals surface area contributed by atoms with Gasteiger partial charge in [-0.05, 0) is 24.6 Å². The van der Waals surface area contributed by atoms with E-state index >= 15 is 0 Å². The van der Waals surface area contributed by atoms with E-state index in [1.165, 1.54) is 6.92 Å². The average molecular weight is 375 g/mol. The van der Waals surface area contributed by atoms with Crippen LogP contribution in [0.25, 0.3) is 11.0 Å². The molecule has 2 amide bonds. The van der Waals surface area contributed by atoms with Crippen LogP contribution in [0.2, 0.25) is 0 Å². The Morgan fingerprint density at radius 1 is 1.33 bits per heavy atom. The average Bonchev–Trinajstić information content (AvgIpc) is 2.92. The van der Waals surface area contributed by atoms with Gasteiger partial charge < -0.3 is 25.0 Å². The Hall–Kier alpha value is -3.30. The molecule has 144 valence electrons. The van der Waals surface area contributed by atoms with E-state index < -0.39 is 6.09 Å². The van der Waals surface area contributed by atoms with Crippen molar-refractivity contribution in [2.75, 3.05) is 36.9 Å². The fourth-order valence-corrected chi connectivity index (χ4v) is 3.09. The van der Waals surface area contributed by atoms with E-state index in [9.17, 15) is 14.4 Å². The van der Waals surface area contributed by atoms with Crippen molar-refractivity contribution in [3.63, 3.8) is 0 Å². The van der Waals surface area contributed by atoms with Crippen molar-refractivity contribution in [3.05, 3.63) is 18.2 Å². The number of esters is 1. The molecule has 3 rings (SSSR count). The lowest BCUT2D eigenvalue weighted by Crippen LogP contribution is -2.52. The number of hydrogen-bond donors (Lipinski definition) is 2. The fraction of sp³-hybridized carbons (Fsp3) is 0.412. The number of nitrogens with zero attached hydrogens (tertiary/aromatic N) is 4. The molecule has 0 spiro atoms. The molecule has 2 aromatic rings. The molecular weight excluding hydrogens is 354 g/mol. The lowest BCUT2D eigenvalue weighted by Gasteiger charge is -2.32. The smallest absolute Gasteiger partial charge is 0.407 e. The summed E-state index contributed by atoms with van der Waals surface area (Å²) in [4.78, 5) is 41.1. The minimum absolute atomic E-state index is 0.167. The molecule has 0 atom stereocenters. The predicted molar refractivity (Wildman–Crippen MR) is 97.3 cm³/mol. The van der Waals surface area contributed by atoms with Crippen LogP contribution in [0.15, 0.2) is 18.2 Å². The van der Waals surface area contributed by atoms with Gasteiger partial charge in [-0.3, -0.25) is 14.5 Å². The van der Waals surface area contributed by atoms with Gasteiger partial charge in [0.05, 0.1) is 17.6 Å². The number of ether oxygens (including phenoxy) is 1. The van der Waals surface area contributed by atoms with E-state index in [0.29, 0.717) is 36.7 Å². The number of hydrogen-bond acceptors (Lipinski definition) is 6. The number of benzene rings is 1. The molecule has 0 bridgehead atoms. The molecule has 0 unspecified atom stereocenters. The Bertz CT molecular complexity index is 893. The van der Waals surface area contributed by atoms with Crippen molar-refractivity contribution in [3.8, 4) is 0 Å². The zero-order chi connectivity index (χ0) is 19.6. The quantitative estimate of drug-likeness (QED) is 0.586.